The Morgan fingerprint density at radius 3 is 2.13 bits per heavy atom. The third kappa shape index (κ3) is 5.60. The Bertz CT molecular complexity index is 1840. The average molecular weight is 635 g/mol. The van der Waals surface area contributed by atoms with Crippen molar-refractivity contribution in [3.63, 3.8) is 0 Å². The third-order valence-corrected chi connectivity index (χ3v) is 8.45. The molecule has 0 bridgehead atoms. The van der Waals surface area contributed by atoms with E-state index in [4.69, 9.17) is 0 Å². The molecule has 10 nitrogen and oxygen atoms in total. The lowest BCUT2D eigenvalue weighted by atomic mass is 9.83. The number of aromatic amines is 1. The molecule has 6 rings (SSSR count). The number of nitrogens with one attached hydrogen (secondary N) is 1. The summed E-state index contributed by atoms with van der Waals surface area (Å²) < 4.78 is 59.9. The number of anilines is 2. The van der Waals surface area contributed by atoms with E-state index in [1.807, 2.05) is 35.4 Å². The number of halogens is 4. The van der Waals surface area contributed by atoms with Gasteiger partial charge in [0.05, 0.1) is 17.6 Å². The minimum Gasteiger partial charge on any atom is -0.384 e. The van der Waals surface area contributed by atoms with E-state index >= 15 is 8.78 Å². The normalized spacial score (nSPS) is 15.9. The summed E-state index contributed by atoms with van der Waals surface area (Å²) in [5.74, 6) is -4.55. The fourth-order valence-corrected chi connectivity index (χ4v) is 5.67. The molecule has 1 aliphatic rings. The van der Waals surface area contributed by atoms with Gasteiger partial charge < -0.3 is 14.9 Å². The number of rotatable bonds is 9. The Balaban J connectivity index is 1.16. The zero-order valence-corrected chi connectivity index (χ0v) is 24.7. The van der Waals surface area contributed by atoms with E-state index in [9.17, 15) is 18.7 Å². The molecule has 0 saturated carbocycles. The molecule has 0 radical (unpaired) electrons. The number of tetrazole rings is 1. The lowest BCUT2D eigenvalue weighted by Crippen LogP contribution is -2.51. The quantitative estimate of drug-likeness (QED) is 0.229. The highest BCUT2D eigenvalue weighted by Crippen LogP contribution is 2.46. The molecule has 3 aromatic heterocycles. The first kappa shape index (κ1) is 30.9. The fraction of sp³-hybridized carbons (Fsp3) is 0.281. The first-order valence-electron chi connectivity index (χ1n) is 14.5. The first-order chi connectivity index (χ1) is 22.1. The van der Waals surface area contributed by atoms with Crippen LogP contribution in [0, 0.1) is 5.82 Å². The molecular formula is C32H30F4N8O2. The number of pyridine rings is 2. The zero-order valence-electron chi connectivity index (χ0n) is 24.7. The predicted octanol–water partition coefficient (Wildman–Crippen LogP) is 4.45. The van der Waals surface area contributed by atoms with Gasteiger partial charge >= 0.3 is 11.6 Å². The number of hydrogen-bond donors (Lipinski definition) is 2. The summed E-state index contributed by atoms with van der Waals surface area (Å²) in [4.78, 5) is 25.1. The number of aromatic nitrogens is 6. The minimum absolute atomic E-state index is 0.182. The van der Waals surface area contributed by atoms with Gasteiger partial charge in [0, 0.05) is 43.6 Å². The van der Waals surface area contributed by atoms with Crippen LogP contribution in [-0.2, 0) is 11.5 Å². The molecule has 2 aromatic carbocycles. The van der Waals surface area contributed by atoms with Gasteiger partial charge in [-0.05, 0) is 70.9 Å². The molecule has 2 N–H and O–H groups in total. The van der Waals surface area contributed by atoms with E-state index in [-0.39, 0.29) is 5.56 Å². The number of piperazine rings is 1. The molecule has 5 aromatic rings. The van der Waals surface area contributed by atoms with Gasteiger partial charge in [-0.3, -0.25) is 9.97 Å². The summed E-state index contributed by atoms with van der Waals surface area (Å²) in [7, 11) is 0. The highest BCUT2D eigenvalue weighted by Gasteiger charge is 2.57. The zero-order chi connectivity index (χ0) is 32.5. The lowest BCUT2D eigenvalue weighted by molar-refractivity contribution is -0.103. The van der Waals surface area contributed by atoms with Crippen molar-refractivity contribution in [3.8, 4) is 11.1 Å². The number of hydrogen-bond acceptors (Lipinski definition) is 8. The summed E-state index contributed by atoms with van der Waals surface area (Å²) in [6, 6.07) is 18.5. The second-order valence-electron chi connectivity index (χ2n) is 11.1. The van der Waals surface area contributed by atoms with Gasteiger partial charge in [-0.2, -0.15) is 13.5 Å². The standard InChI is InChI=1S/C32H30F4N8O2/c1-31(44-30(46)39-40-41-44,23-3-2-4-24(34)17-23)32(35,36)29-12-7-22(19-38-29)21-5-8-25(9-6-21)42-13-15-43(16-14-42)26-10-11-27(37-20-26)28(45)18-33/h2-12,17,19-20,28,45H,13-16,18H2,1H3,(H,39,41,46)/t28?,31-/m1/s1. The molecule has 0 spiro atoms. The average Bonchev–Trinajstić information content (AvgIpc) is 3.53. The van der Waals surface area contributed by atoms with E-state index in [2.05, 4.69) is 30.2 Å². The molecule has 0 aliphatic carbocycles. The molecule has 1 aliphatic heterocycles. The second-order valence-corrected chi connectivity index (χ2v) is 11.1. The third-order valence-electron chi connectivity index (χ3n) is 8.45. The summed E-state index contributed by atoms with van der Waals surface area (Å²) >= 11 is 0. The highest BCUT2D eigenvalue weighted by atomic mass is 19.3. The van der Waals surface area contributed by atoms with E-state index in [1.54, 1.807) is 12.3 Å². The van der Waals surface area contributed by atoms with Crippen molar-refractivity contribution in [1.29, 1.82) is 0 Å². The smallest absolute Gasteiger partial charge is 0.362 e. The Morgan fingerprint density at radius 1 is 0.891 bits per heavy atom. The number of aliphatic hydroxyl groups excluding tert-OH is 1. The van der Waals surface area contributed by atoms with Crippen molar-refractivity contribution in [3.05, 3.63) is 118 Å². The molecule has 14 heteroatoms. The van der Waals surface area contributed by atoms with Gasteiger partial charge in [0.2, 0.25) is 0 Å². The van der Waals surface area contributed by atoms with Crippen LogP contribution in [0.3, 0.4) is 0 Å². The van der Waals surface area contributed by atoms with Crippen LogP contribution < -0.4 is 15.5 Å². The van der Waals surface area contributed by atoms with Crippen molar-refractivity contribution in [2.75, 3.05) is 42.7 Å². The van der Waals surface area contributed by atoms with Gasteiger partial charge in [0.1, 0.15) is 24.3 Å². The predicted molar refractivity (Wildman–Crippen MR) is 163 cm³/mol. The molecule has 238 valence electrons. The highest BCUT2D eigenvalue weighted by molar-refractivity contribution is 5.66. The van der Waals surface area contributed by atoms with Crippen LogP contribution in [0.25, 0.3) is 11.1 Å². The van der Waals surface area contributed by atoms with Gasteiger partial charge in [-0.25, -0.2) is 18.7 Å². The van der Waals surface area contributed by atoms with Crippen molar-refractivity contribution in [2.24, 2.45) is 0 Å². The lowest BCUT2D eigenvalue weighted by Gasteiger charge is -2.37. The van der Waals surface area contributed by atoms with E-state index in [0.29, 0.717) is 15.9 Å². The Kier molecular flexibility index (Phi) is 8.30. The van der Waals surface area contributed by atoms with Gasteiger partial charge in [0.15, 0.2) is 5.54 Å². The van der Waals surface area contributed by atoms with Crippen LogP contribution in [0.5, 0.6) is 0 Å². The second kappa shape index (κ2) is 12.4. The fourth-order valence-electron chi connectivity index (χ4n) is 5.67. The molecule has 1 fully saturated rings. The molecular weight excluding hydrogens is 604 g/mol. The van der Waals surface area contributed by atoms with Crippen molar-refractivity contribution < 1.29 is 22.7 Å². The van der Waals surface area contributed by atoms with Crippen LogP contribution in [0.4, 0.5) is 28.9 Å². The van der Waals surface area contributed by atoms with E-state index < -0.39 is 41.4 Å². The van der Waals surface area contributed by atoms with E-state index in [0.717, 1.165) is 62.2 Å². The van der Waals surface area contributed by atoms with Crippen molar-refractivity contribution in [2.45, 2.75) is 24.5 Å². The molecule has 46 heavy (non-hydrogen) atoms. The van der Waals surface area contributed by atoms with Crippen LogP contribution in [0.15, 0.2) is 90.0 Å². The Hall–Kier alpha value is -5.11. The van der Waals surface area contributed by atoms with Gasteiger partial charge in [-0.1, -0.05) is 30.3 Å². The summed E-state index contributed by atoms with van der Waals surface area (Å²) in [6.07, 6.45) is 1.76. The van der Waals surface area contributed by atoms with Crippen LogP contribution in [-0.4, -0.2) is 68.1 Å². The van der Waals surface area contributed by atoms with Gasteiger partial charge in [-0.15, -0.1) is 0 Å². The molecule has 0 amide bonds. The largest absolute Gasteiger partial charge is 0.384 e. The Labute approximate surface area is 260 Å². The Morgan fingerprint density at radius 2 is 1.57 bits per heavy atom. The van der Waals surface area contributed by atoms with Gasteiger partial charge in [0.25, 0.3) is 0 Å². The maximum absolute atomic E-state index is 16.3. The number of benzene rings is 2. The van der Waals surface area contributed by atoms with Crippen molar-refractivity contribution in [1.82, 2.24) is 30.2 Å². The molecule has 2 atom stereocenters. The first-order valence-corrected chi connectivity index (χ1v) is 14.5. The van der Waals surface area contributed by atoms with Crippen LogP contribution in [0.2, 0.25) is 0 Å². The monoisotopic (exact) mass is 634 g/mol. The molecule has 1 unspecified atom stereocenters. The molecule has 1 saturated heterocycles. The summed E-state index contributed by atoms with van der Waals surface area (Å²) in [5.41, 5.74) is -0.659. The summed E-state index contributed by atoms with van der Waals surface area (Å²) in [5, 5.41) is 18.6. The number of H-pyrrole nitrogens is 1. The minimum atomic E-state index is -3.81. The summed E-state index contributed by atoms with van der Waals surface area (Å²) in [6.45, 7) is 3.18. The van der Waals surface area contributed by atoms with E-state index in [1.165, 1.54) is 30.5 Å². The molecule has 4 heterocycles. The number of alkyl halides is 3. The topological polar surface area (TPSA) is 116 Å². The number of nitrogens with zero attached hydrogens (tertiary/aromatic N) is 7. The van der Waals surface area contributed by atoms with Crippen LogP contribution >= 0.6 is 0 Å². The number of aliphatic hydroxyl groups is 1. The maximum atomic E-state index is 16.3. The van der Waals surface area contributed by atoms with Crippen LogP contribution in [0.1, 0.15) is 30.0 Å². The maximum Gasteiger partial charge on any atom is 0.362 e. The van der Waals surface area contributed by atoms with Crippen molar-refractivity contribution >= 4 is 11.4 Å². The SMILES string of the molecule is C[C@](c1cccc(F)c1)(n1nn[nH]c1=O)C(F)(F)c1ccc(-c2ccc(N3CCN(c4ccc(C(O)CF)nc4)CC3)cc2)cn1.